The van der Waals surface area contributed by atoms with Gasteiger partial charge in [0.05, 0.1) is 0 Å². The van der Waals surface area contributed by atoms with E-state index in [1.165, 1.54) is 38.5 Å². The average molecular weight is 126 g/mol. The fourth-order valence-electron chi connectivity index (χ4n) is 1.06. The van der Waals surface area contributed by atoms with E-state index in [0.717, 1.165) is 0 Å². The number of rotatable bonds is 0. The molecule has 1 saturated carbocycles. The molecule has 1 aliphatic carbocycles. The molecule has 0 radical (unpaired) electrons. The third kappa shape index (κ3) is 8.52. The van der Waals surface area contributed by atoms with Gasteiger partial charge in [0.15, 0.2) is 0 Å². The normalized spacial score (nSPS) is 16.0. The molecule has 0 aromatic carbocycles. The monoisotopic (exact) mass is 126 g/mol. The van der Waals surface area contributed by atoms with Crippen molar-refractivity contribution in [2.45, 2.75) is 38.5 Å². The average Bonchev–Trinajstić information content (AvgIpc) is 1.72. The third-order valence-electron chi connectivity index (χ3n) is 1.50. The van der Waals surface area contributed by atoms with Crippen molar-refractivity contribution in [2.75, 3.05) is 0 Å². The fraction of sp³-hybridized carbons (Fsp3) is 1.00. The Bertz CT molecular complexity index is 31.2. The first-order valence-corrected chi connectivity index (χ1v) is 3.00. The van der Waals surface area contributed by atoms with Crippen LogP contribution < -0.4 is 31.2 Å². The summed E-state index contributed by atoms with van der Waals surface area (Å²) in [6.07, 6.45) is 9.00. The van der Waals surface area contributed by atoms with Gasteiger partial charge in [-0.1, -0.05) is 38.5 Å². The van der Waals surface area contributed by atoms with E-state index in [1.807, 2.05) is 0 Å². The third-order valence-corrected chi connectivity index (χ3v) is 1.50. The van der Waals surface area contributed by atoms with Crippen molar-refractivity contribution >= 4 is 0 Å². The molecule has 54 valence electrons. The second-order valence-electron chi connectivity index (χ2n) is 2.12. The zero-order chi connectivity index (χ0) is 4.24. The Morgan fingerprint density at radius 2 is 0.667 bits per heavy atom. The van der Waals surface area contributed by atoms with Gasteiger partial charge in [-0.15, -0.1) is 0 Å². The van der Waals surface area contributed by atoms with Gasteiger partial charge in [0, 0.05) is 0 Å². The molecule has 0 unspecified atom stereocenters. The van der Waals surface area contributed by atoms with E-state index >= 15 is 0 Å². The topological polar surface area (TPSA) is 70.0 Å². The van der Waals surface area contributed by atoms with Crippen molar-refractivity contribution in [2.24, 2.45) is 0 Å². The molecule has 9 heavy (non-hydrogen) atoms. The Morgan fingerprint density at radius 3 is 0.778 bits per heavy atom. The summed E-state index contributed by atoms with van der Waals surface area (Å²) in [7, 11) is 0. The van der Waals surface area contributed by atoms with Crippen molar-refractivity contribution < 1.29 is 20.3 Å². The minimum absolute atomic E-state index is 0. The molecule has 1 fully saturated rings. The van der Waals surface area contributed by atoms with Crippen LogP contribution >= 0.6 is 0 Å². The van der Waals surface area contributed by atoms with Crippen molar-refractivity contribution in [3.63, 3.8) is 0 Å². The van der Waals surface area contributed by atoms with Gasteiger partial charge >= 0.3 is 18.9 Å². The van der Waals surface area contributed by atoms with Gasteiger partial charge in [0.25, 0.3) is 0 Å². The first-order chi connectivity index (χ1) is 3.00. The molecular formula is C6H19LiN2. The Morgan fingerprint density at radius 1 is 0.556 bits per heavy atom. The van der Waals surface area contributed by atoms with Crippen LogP contribution in [0.1, 0.15) is 40.0 Å². The second-order valence-corrected chi connectivity index (χ2v) is 2.12. The molecule has 0 aromatic heterocycles. The maximum atomic E-state index is 1.50. The van der Waals surface area contributed by atoms with Crippen molar-refractivity contribution in [3.05, 3.63) is 0 Å². The summed E-state index contributed by atoms with van der Waals surface area (Å²) in [6.45, 7) is 0. The van der Waals surface area contributed by atoms with Crippen LogP contribution in [0.25, 0.3) is 0 Å². The van der Waals surface area contributed by atoms with Crippen LogP contribution in [0.4, 0.5) is 0 Å². The summed E-state index contributed by atoms with van der Waals surface area (Å²) >= 11 is 0. The molecular weight excluding hydrogens is 107 g/mol. The van der Waals surface area contributed by atoms with Gasteiger partial charge in [0.2, 0.25) is 0 Å². The van der Waals surface area contributed by atoms with Crippen LogP contribution in [0.2, 0.25) is 0 Å². The summed E-state index contributed by atoms with van der Waals surface area (Å²) in [5, 5.41) is 0. The van der Waals surface area contributed by atoms with E-state index in [0.29, 0.717) is 0 Å². The van der Waals surface area contributed by atoms with Crippen molar-refractivity contribution in [1.29, 1.82) is 0 Å². The Kier molecular flexibility index (Phi) is 20.5. The number of hydrogen-bond acceptors (Lipinski definition) is 2. The summed E-state index contributed by atoms with van der Waals surface area (Å²) < 4.78 is 0. The van der Waals surface area contributed by atoms with Gasteiger partial charge in [-0.25, -0.2) is 0 Å². The van der Waals surface area contributed by atoms with Gasteiger partial charge in [-0.05, 0) is 0 Å². The first-order valence-electron chi connectivity index (χ1n) is 3.00. The smallest absolute Gasteiger partial charge is 1.00 e. The largest absolute Gasteiger partial charge is 1.00 e. The Hall–Kier alpha value is 0.517. The molecule has 1 rings (SSSR count). The molecule has 0 bridgehead atoms. The molecule has 2 nitrogen and oxygen atoms in total. The molecule has 0 heterocycles. The van der Waals surface area contributed by atoms with Crippen LogP contribution in [-0.4, -0.2) is 0 Å². The van der Waals surface area contributed by atoms with E-state index in [1.54, 1.807) is 0 Å². The molecule has 0 saturated heterocycles. The van der Waals surface area contributed by atoms with E-state index in [9.17, 15) is 0 Å². The summed E-state index contributed by atoms with van der Waals surface area (Å²) in [5.41, 5.74) is 0. The van der Waals surface area contributed by atoms with Crippen molar-refractivity contribution in [3.8, 4) is 0 Å². The molecule has 6 N–H and O–H groups in total. The second kappa shape index (κ2) is 11.3. The van der Waals surface area contributed by atoms with E-state index in [-0.39, 0.29) is 32.6 Å². The molecule has 1 aliphatic rings. The molecule has 0 aromatic rings. The summed E-state index contributed by atoms with van der Waals surface area (Å²) in [5.74, 6) is 0. The van der Waals surface area contributed by atoms with Crippen molar-refractivity contribution in [1.82, 2.24) is 12.3 Å². The molecule has 0 aliphatic heterocycles. The quantitative estimate of drug-likeness (QED) is 0.440. The van der Waals surface area contributed by atoms with Crippen LogP contribution in [0.5, 0.6) is 0 Å². The van der Waals surface area contributed by atoms with Gasteiger partial charge < -0.3 is 13.7 Å². The zero-order valence-electron chi connectivity index (χ0n) is 7.66. The maximum absolute atomic E-state index is 1.50. The minimum atomic E-state index is 0. The van der Waals surface area contributed by atoms with Gasteiger partial charge in [-0.2, -0.15) is 0 Å². The zero-order valence-corrected chi connectivity index (χ0v) is 6.66. The van der Waals surface area contributed by atoms with E-state index < -0.39 is 0 Å². The van der Waals surface area contributed by atoms with Gasteiger partial charge in [-0.3, -0.25) is 0 Å². The Labute approximate surface area is 71.6 Å². The molecule has 0 spiro atoms. The Balaban J connectivity index is -0.0000000450. The molecule has 0 amide bonds. The number of hydrogen-bond donors (Lipinski definition) is 2. The fourth-order valence-corrected chi connectivity index (χ4v) is 1.06. The minimum Gasteiger partial charge on any atom is -1.00 e. The summed E-state index contributed by atoms with van der Waals surface area (Å²) in [6, 6.07) is 0. The maximum Gasteiger partial charge on any atom is 1.00 e. The first kappa shape index (κ1) is 16.3. The standard InChI is InChI=1S/C6H12.Li.2H3N.H/c1-2-4-6-5-3-1;;;;/h1-6H2;;2*1H3;/q;+1;;;-1. The molecule has 3 heteroatoms. The van der Waals surface area contributed by atoms with E-state index in [4.69, 9.17) is 0 Å². The summed E-state index contributed by atoms with van der Waals surface area (Å²) in [4.78, 5) is 0. The van der Waals surface area contributed by atoms with E-state index in [2.05, 4.69) is 0 Å². The van der Waals surface area contributed by atoms with Crippen LogP contribution in [0, 0.1) is 0 Å². The predicted molar refractivity (Wildman–Crippen MR) is 38.9 cm³/mol. The predicted octanol–water partition coefficient (Wildman–Crippen LogP) is -0.219. The van der Waals surface area contributed by atoms with Crippen LogP contribution in [0.15, 0.2) is 0 Å². The van der Waals surface area contributed by atoms with Crippen LogP contribution in [0.3, 0.4) is 0 Å². The van der Waals surface area contributed by atoms with Gasteiger partial charge in [0.1, 0.15) is 0 Å². The SMILES string of the molecule is C1CCCCC1.N.N.[H-].[Li+]. The van der Waals surface area contributed by atoms with Crippen LogP contribution in [-0.2, 0) is 0 Å². The molecule has 0 atom stereocenters.